The topological polar surface area (TPSA) is 36.4 Å². The van der Waals surface area contributed by atoms with Crippen LogP contribution in [0.1, 0.15) is 41.7 Å². The molecule has 1 saturated heterocycles. The largest absolute Gasteiger partial charge is 0.341 e. The number of carbonyl (C=O) groups excluding carboxylic acids is 1. The van der Waals surface area contributed by atoms with E-state index in [4.69, 9.17) is 0 Å². The lowest BCUT2D eigenvalue weighted by Gasteiger charge is -2.28. The molecule has 114 valence electrons. The first-order valence-electron chi connectivity index (χ1n) is 8.16. The van der Waals surface area contributed by atoms with Gasteiger partial charge in [0.2, 0.25) is 0 Å². The lowest BCUT2D eigenvalue weighted by Crippen LogP contribution is -2.34. The first-order chi connectivity index (χ1) is 10.2. The van der Waals surface area contributed by atoms with Crippen molar-refractivity contribution < 1.29 is 4.79 Å². The summed E-state index contributed by atoms with van der Waals surface area (Å²) in [6.07, 6.45) is 7.96. The van der Waals surface area contributed by atoms with E-state index in [0.717, 1.165) is 37.2 Å². The summed E-state index contributed by atoms with van der Waals surface area (Å²) in [5, 5.41) is 0. The fourth-order valence-corrected chi connectivity index (χ4v) is 3.55. The zero-order chi connectivity index (χ0) is 14.7. The molecule has 1 unspecified atom stereocenters. The Hall–Kier alpha value is -1.42. The van der Waals surface area contributed by atoms with E-state index in [2.05, 4.69) is 9.88 Å². The van der Waals surface area contributed by atoms with Crippen molar-refractivity contribution in [2.24, 2.45) is 5.92 Å². The predicted molar refractivity (Wildman–Crippen MR) is 83.3 cm³/mol. The number of likely N-dealkylation sites (tertiary alicyclic amines) is 1. The Morgan fingerprint density at radius 1 is 1.29 bits per heavy atom. The Morgan fingerprint density at radius 3 is 2.90 bits per heavy atom. The minimum absolute atomic E-state index is 0.124. The average molecular weight is 287 g/mol. The molecule has 1 fully saturated rings. The van der Waals surface area contributed by atoms with Crippen LogP contribution in [0.15, 0.2) is 18.3 Å². The van der Waals surface area contributed by atoms with Crippen molar-refractivity contribution in [3.05, 3.63) is 29.6 Å². The lowest BCUT2D eigenvalue weighted by molar-refractivity contribution is 0.0777. The van der Waals surface area contributed by atoms with E-state index in [1.165, 1.54) is 32.4 Å². The quantitative estimate of drug-likeness (QED) is 0.855. The molecule has 2 aliphatic heterocycles. The smallest absolute Gasteiger partial charge is 0.255 e. The van der Waals surface area contributed by atoms with Crippen LogP contribution in [0.25, 0.3) is 0 Å². The second-order valence-corrected chi connectivity index (χ2v) is 6.44. The van der Waals surface area contributed by atoms with Crippen molar-refractivity contribution >= 4 is 5.91 Å². The third-order valence-electron chi connectivity index (χ3n) is 4.78. The number of pyridine rings is 1. The van der Waals surface area contributed by atoms with Crippen molar-refractivity contribution in [2.75, 3.05) is 33.2 Å². The van der Waals surface area contributed by atoms with Crippen LogP contribution < -0.4 is 0 Å². The number of nitrogens with zero attached hydrogens (tertiary/aromatic N) is 3. The summed E-state index contributed by atoms with van der Waals surface area (Å²) in [4.78, 5) is 21.3. The average Bonchev–Trinajstić information content (AvgIpc) is 2.64. The van der Waals surface area contributed by atoms with Crippen molar-refractivity contribution in [3.8, 4) is 0 Å². The molecular formula is C17H25N3O. The standard InChI is InChI=1S/C17H25N3O/c1-19-13-14(7-11-20-9-3-2-4-10-20)12-16-15(17(19)21)6-5-8-18-16/h5-6,8,14H,2-4,7,9-13H2,1H3. The molecule has 1 atom stereocenters. The van der Waals surface area contributed by atoms with Gasteiger partial charge >= 0.3 is 0 Å². The Labute approximate surface area is 127 Å². The first kappa shape index (κ1) is 14.5. The molecule has 1 aromatic heterocycles. The molecular weight excluding hydrogens is 262 g/mol. The van der Waals surface area contributed by atoms with Crippen LogP contribution in [-0.2, 0) is 6.42 Å². The van der Waals surface area contributed by atoms with E-state index < -0.39 is 0 Å². The molecule has 4 nitrogen and oxygen atoms in total. The molecule has 0 aliphatic carbocycles. The summed E-state index contributed by atoms with van der Waals surface area (Å²) < 4.78 is 0. The Bertz CT molecular complexity index is 497. The maximum absolute atomic E-state index is 12.4. The van der Waals surface area contributed by atoms with Gasteiger partial charge in [-0.2, -0.15) is 0 Å². The van der Waals surface area contributed by atoms with E-state index >= 15 is 0 Å². The van der Waals surface area contributed by atoms with Gasteiger partial charge < -0.3 is 9.80 Å². The zero-order valence-corrected chi connectivity index (χ0v) is 12.9. The molecule has 0 bridgehead atoms. The van der Waals surface area contributed by atoms with Gasteiger partial charge in [0.25, 0.3) is 5.91 Å². The van der Waals surface area contributed by atoms with Gasteiger partial charge in [-0.1, -0.05) is 6.42 Å². The molecule has 0 radical (unpaired) electrons. The second kappa shape index (κ2) is 6.56. The van der Waals surface area contributed by atoms with E-state index in [0.29, 0.717) is 5.92 Å². The SMILES string of the molecule is CN1CC(CCN2CCCCC2)Cc2ncccc2C1=O. The fourth-order valence-electron chi connectivity index (χ4n) is 3.55. The van der Waals surface area contributed by atoms with Gasteiger partial charge in [-0.3, -0.25) is 9.78 Å². The minimum atomic E-state index is 0.124. The molecule has 3 rings (SSSR count). The maximum atomic E-state index is 12.4. The number of hydrogen-bond donors (Lipinski definition) is 0. The van der Waals surface area contributed by atoms with Gasteiger partial charge in [-0.05, 0) is 63.4 Å². The van der Waals surface area contributed by atoms with E-state index in [1.54, 1.807) is 6.20 Å². The molecule has 3 heterocycles. The summed E-state index contributed by atoms with van der Waals surface area (Å²) in [7, 11) is 1.92. The third-order valence-corrected chi connectivity index (χ3v) is 4.78. The van der Waals surface area contributed by atoms with E-state index in [1.807, 2.05) is 24.1 Å². The molecule has 0 aromatic carbocycles. The number of aromatic nitrogens is 1. The van der Waals surface area contributed by atoms with Gasteiger partial charge in [0.05, 0.1) is 11.3 Å². The molecule has 0 saturated carbocycles. The molecule has 21 heavy (non-hydrogen) atoms. The molecule has 4 heteroatoms. The van der Waals surface area contributed by atoms with Gasteiger partial charge in [-0.15, -0.1) is 0 Å². The molecule has 1 amide bonds. The zero-order valence-electron chi connectivity index (χ0n) is 12.9. The maximum Gasteiger partial charge on any atom is 0.255 e. The number of amides is 1. The highest BCUT2D eigenvalue weighted by atomic mass is 16.2. The number of rotatable bonds is 3. The van der Waals surface area contributed by atoms with Crippen LogP contribution in [0.4, 0.5) is 0 Å². The van der Waals surface area contributed by atoms with Crippen molar-refractivity contribution in [1.82, 2.24) is 14.8 Å². The number of piperidine rings is 1. The van der Waals surface area contributed by atoms with Crippen LogP contribution in [0, 0.1) is 5.92 Å². The van der Waals surface area contributed by atoms with E-state index in [9.17, 15) is 4.79 Å². The Morgan fingerprint density at radius 2 is 2.10 bits per heavy atom. The van der Waals surface area contributed by atoms with Gasteiger partial charge in [0.15, 0.2) is 0 Å². The summed E-state index contributed by atoms with van der Waals surface area (Å²) in [6, 6.07) is 3.77. The number of carbonyl (C=O) groups is 1. The summed E-state index contributed by atoms with van der Waals surface area (Å²) >= 11 is 0. The molecule has 0 N–H and O–H groups in total. The van der Waals surface area contributed by atoms with Crippen LogP contribution >= 0.6 is 0 Å². The molecule has 1 aromatic rings. The highest BCUT2D eigenvalue weighted by Crippen LogP contribution is 2.22. The van der Waals surface area contributed by atoms with Crippen molar-refractivity contribution in [3.63, 3.8) is 0 Å². The van der Waals surface area contributed by atoms with Gasteiger partial charge in [0.1, 0.15) is 0 Å². The lowest BCUT2D eigenvalue weighted by atomic mass is 9.97. The number of hydrogen-bond acceptors (Lipinski definition) is 3. The van der Waals surface area contributed by atoms with Crippen molar-refractivity contribution in [1.29, 1.82) is 0 Å². The van der Waals surface area contributed by atoms with Crippen LogP contribution in [0.3, 0.4) is 0 Å². The normalized spacial score (nSPS) is 23.8. The monoisotopic (exact) mass is 287 g/mol. The van der Waals surface area contributed by atoms with Crippen LogP contribution in [-0.4, -0.2) is 53.9 Å². The summed E-state index contributed by atoms with van der Waals surface area (Å²) in [5.74, 6) is 0.649. The third kappa shape index (κ3) is 3.43. The molecule has 0 spiro atoms. The fraction of sp³-hybridized carbons (Fsp3) is 0.647. The van der Waals surface area contributed by atoms with Gasteiger partial charge in [-0.25, -0.2) is 0 Å². The highest BCUT2D eigenvalue weighted by Gasteiger charge is 2.26. The minimum Gasteiger partial charge on any atom is -0.341 e. The second-order valence-electron chi connectivity index (χ2n) is 6.44. The number of fused-ring (bicyclic) bond motifs is 1. The summed E-state index contributed by atoms with van der Waals surface area (Å²) in [5.41, 5.74) is 1.77. The summed E-state index contributed by atoms with van der Waals surface area (Å²) in [6.45, 7) is 4.50. The van der Waals surface area contributed by atoms with Crippen LogP contribution in [0.5, 0.6) is 0 Å². The Kier molecular flexibility index (Phi) is 4.54. The van der Waals surface area contributed by atoms with Crippen molar-refractivity contribution in [2.45, 2.75) is 32.1 Å². The predicted octanol–water partition coefficient (Wildman–Crippen LogP) is 2.20. The van der Waals surface area contributed by atoms with E-state index in [-0.39, 0.29) is 5.91 Å². The van der Waals surface area contributed by atoms with Gasteiger partial charge in [0, 0.05) is 19.8 Å². The first-order valence-corrected chi connectivity index (χ1v) is 8.16. The highest BCUT2D eigenvalue weighted by molar-refractivity contribution is 5.95. The van der Waals surface area contributed by atoms with Crippen LogP contribution in [0.2, 0.25) is 0 Å². The molecule has 2 aliphatic rings. The Balaban J connectivity index is 1.65.